The van der Waals surface area contributed by atoms with Gasteiger partial charge in [0.1, 0.15) is 4.90 Å². The minimum absolute atomic E-state index is 0.00490. The van der Waals surface area contributed by atoms with Gasteiger partial charge < -0.3 is 21.5 Å². The standard InChI is InChI=1S/C16H14Cl2N4O5S/c17-9-5-11(18)13-12(6-9)21-14(15(23)24)22(28(13,26)27)7-8-2-1-3-10(4-8)20-16(19)25/h1-6,14,21H,7H2,(H,23,24)(H3,19,20,25). The van der Waals surface area contributed by atoms with E-state index in [1.54, 1.807) is 18.2 Å². The number of sulfonamides is 1. The Morgan fingerprint density at radius 2 is 1.96 bits per heavy atom. The van der Waals surface area contributed by atoms with E-state index in [1.165, 1.54) is 18.2 Å². The molecule has 2 aromatic carbocycles. The lowest BCUT2D eigenvalue weighted by Gasteiger charge is -2.35. The van der Waals surface area contributed by atoms with E-state index in [0.717, 1.165) is 4.31 Å². The summed E-state index contributed by atoms with van der Waals surface area (Å²) < 4.78 is 27.0. The largest absolute Gasteiger partial charge is 0.479 e. The van der Waals surface area contributed by atoms with Crippen LogP contribution < -0.4 is 16.4 Å². The molecule has 3 rings (SSSR count). The number of hydrogen-bond donors (Lipinski definition) is 4. The zero-order chi connectivity index (χ0) is 20.6. The maximum atomic E-state index is 13.1. The smallest absolute Gasteiger partial charge is 0.342 e. The number of carboxylic acid groups (broad SMARTS) is 1. The number of nitrogens with zero attached hydrogens (tertiary/aromatic N) is 1. The molecule has 1 aliphatic rings. The molecule has 0 aliphatic carbocycles. The van der Waals surface area contributed by atoms with Crippen molar-refractivity contribution in [1.29, 1.82) is 0 Å². The third-order valence-corrected chi connectivity index (χ3v) is 6.46. The number of carbonyl (C=O) groups is 2. The molecule has 0 bridgehead atoms. The number of aliphatic carboxylic acids is 1. The molecule has 1 heterocycles. The van der Waals surface area contributed by atoms with Crippen molar-refractivity contribution in [3.8, 4) is 0 Å². The highest BCUT2D eigenvalue weighted by molar-refractivity contribution is 7.89. The van der Waals surface area contributed by atoms with Crippen LogP contribution in [0.1, 0.15) is 5.56 Å². The number of nitrogens with one attached hydrogen (secondary N) is 2. The molecule has 0 saturated carbocycles. The Balaban J connectivity index is 2.06. The zero-order valence-electron chi connectivity index (χ0n) is 14.0. The van der Waals surface area contributed by atoms with E-state index < -0.39 is 28.2 Å². The number of carboxylic acids is 1. The lowest BCUT2D eigenvalue weighted by Crippen LogP contribution is -2.52. The maximum absolute atomic E-state index is 13.1. The summed E-state index contributed by atoms with van der Waals surface area (Å²) in [6.45, 7) is -0.293. The van der Waals surface area contributed by atoms with Gasteiger partial charge in [-0.2, -0.15) is 4.31 Å². The highest BCUT2D eigenvalue weighted by Gasteiger charge is 2.43. The van der Waals surface area contributed by atoms with Crippen LogP contribution in [0.5, 0.6) is 0 Å². The molecule has 2 amide bonds. The average molecular weight is 445 g/mol. The Morgan fingerprint density at radius 1 is 1.25 bits per heavy atom. The predicted molar refractivity (Wildman–Crippen MR) is 104 cm³/mol. The van der Waals surface area contributed by atoms with Gasteiger partial charge in [-0.3, -0.25) is 0 Å². The topological polar surface area (TPSA) is 142 Å². The second kappa shape index (κ2) is 7.47. The highest BCUT2D eigenvalue weighted by atomic mass is 35.5. The third kappa shape index (κ3) is 3.85. The van der Waals surface area contributed by atoms with Gasteiger partial charge in [-0.15, -0.1) is 0 Å². The Morgan fingerprint density at radius 3 is 2.61 bits per heavy atom. The first-order chi connectivity index (χ1) is 13.1. The molecule has 1 atom stereocenters. The van der Waals surface area contributed by atoms with Crippen molar-refractivity contribution < 1.29 is 23.1 Å². The minimum atomic E-state index is -4.27. The normalized spacial score (nSPS) is 18.0. The van der Waals surface area contributed by atoms with Gasteiger partial charge >= 0.3 is 12.0 Å². The van der Waals surface area contributed by atoms with E-state index in [1.807, 2.05) is 0 Å². The number of halogens is 2. The minimum Gasteiger partial charge on any atom is -0.479 e. The molecular formula is C16H14Cl2N4O5S. The first kappa shape index (κ1) is 20.2. The van der Waals surface area contributed by atoms with Gasteiger partial charge in [0.15, 0.2) is 6.17 Å². The Labute approximate surface area is 170 Å². The van der Waals surface area contributed by atoms with Crippen LogP contribution in [-0.2, 0) is 21.4 Å². The van der Waals surface area contributed by atoms with Crippen molar-refractivity contribution in [2.75, 3.05) is 10.6 Å². The molecule has 9 nitrogen and oxygen atoms in total. The molecule has 2 aromatic rings. The van der Waals surface area contributed by atoms with Gasteiger partial charge in [-0.05, 0) is 29.8 Å². The number of fused-ring (bicyclic) bond motifs is 1. The molecule has 0 saturated heterocycles. The molecule has 28 heavy (non-hydrogen) atoms. The van der Waals surface area contributed by atoms with Crippen LogP contribution in [0.3, 0.4) is 0 Å². The van der Waals surface area contributed by atoms with Crippen LogP contribution in [0.15, 0.2) is 41.3 Å². The molecule has 0 radical (unpaired) electrons. The molecule has 1 unspecified atom stereocenters. The number of amides is 2. The summed E-state index contributed by atoms with van der Waals surface area (Å²) in [6, 6.07) is 7.97. The molecule has 0 aromatic heterocycles. The molecule has 148 valence electrons. The van der Waals surface area contributed by atoms with E-state index in [4.69, 9.17) is 28.9 Å². The van der Waals surface area contributed by atoms with Gasteiger partial charge in [0.25, 0.3) is 0 Å². The Bertz CT molecular complexity index is 1080. The van der Waals surface area contributed by atoms with Gasteiger partial charge in [0.2, 0.25) is 10.0 Å². The lowest BCUT2D eigenvalue weighted by atomic mass is 10.2. The molecule has 12 heteroatoms. The van der Waals surface area contributed by atoms with Crippen molar-refractivity contribution in [1.82, 2.24) is 4.31 Å². The van der Waals surface area contributed by atoms with E-state index >= 15 is 0 Å². The summed E-state index contributed by atoms with van der Waals surface area (Å²) in [6.07, 6.45) is -1.58. The molecule has 1 aliphatic heterocycles. The molecule has 5 N–H and O–H groups in total. The SMILES string of the molecule is NC(=O)Nc1cccc(CN2C(C(=O)O)Nc3cc(Cl)cc(Cl)c3S2(=O)=O)c1. The van der Waals surface area contributed by atoms with Crippen molar-refractivity contribution in [3.63, 3.8) is 0 Å². The van der Waals surface area contributed by atoms with Crippen molar-refractivity contribution in [2.24, 2.45) is 5.73 Å². The zero-order valence-corrected chi connectivity index (χ0v) is 16.3. The number of nitrogens with two attached hydrogens (primary N) is 1. The number of benzene rings is 2. The number of rotatable bonds is 4. The van der Waals surface area contributed by atoms with E-state index in [-0.39, 0.29) is 27.2 Å². The third-order valence-electron chi connectivity index (χ3n) is 3.92. The van der Waals surface area contributed by atoms with Crippen molar-refractivity contribution in [2.45, 2.75) is 17.6 Å². The molecule has 0 spiro atoms. The first-order valence-corrected chi connectivity index (χ1v) is 9.95. The van der Waals surface area contributed by atoms with Gasteiger partial charge in [-0.25, -0.2) is 18.0 Å². The second-order valence-corrected chi connectivity index (χ2v) is 8.56. The summed E-state index contributed by atoms with van der Waals surface area (Å²) in [5.74, 6) is -1.41. The van der Waals surface area contributed by atoms with Crippen LogP contribution in [0, 0.1) is 0 Å². The van der Waals surface area contributed by atoms with E-state index in [2.05, 4.69) is 10.6 Å². The quantitative estimate of drug-likeness (QED) is 0.570. The summed E-state index contributed by atoms with van der Waals surface area (Å²) in [5, 5.41) is 14.6. The van der Waals surface area contributed by atoms with Crippen LogP contribution in [0.25, 0.3) is 0 Å². The van der Waals surface area contributed by atoms with E-state index in [9.17, 15) is 23.1 Å². The number of anilines is 2. The van der Waals surface area contributed by atoms with Crippen molar-refractivity contribution in [3.05, 3.63) is 52.0 Å². The van der Waals surface area contributed by atoms with Gasteiger partial charge in [0.05, 0.1) is 10.7 Å². The molecule has 0 fully saturated rings. The monoisotopic (exact) mass is 444 g/mol. The predicted octanol–water partition coefficient (Wildman–Crippen LogP) is 2.51. The fourth-order valence-corrected chi connectivity index (χ4v) is 5.30. The molecular weight excluding hydrogens is 431 g/mol. The summed E-state index contributed by atoms with van der Waals surface area (Å²) in [5.41, 5.74) is 5.85. The van der Waals surface area contributed by atoms with Crippen molar-refractivity contribution >= 4 is 56.6 Å². The van der Waals surface area contributed by atoms with Crippen LogP contribution in [-0.4, -0.2) is 36.0 Å². The maximum Gasteiger partial charge on any atom is 0.342 e. The van der Waals surface area contributed by atoms with Crippen LogP contribution in [0.2, 0.25) is 10.0 Å². The lowest BCUT2D eigenvalue weighted by molar-refractivity contribution is -0.140. The fourth-order valence-electron chi connectivity index (χ4n) is 2.84. The van der Waals surface area contributed by atoms with E-state index in [0.29, 0.717) is 11.3 Å². The fraction of sp³-hybridized carbons (Fsp3) is 0.125. The average Bonchev–Trinajstić information content (AvgIpc) is 2.55. The number of primary amides is 1. The highest BCUT2D eigenvalue weighted by Crippen LogP contribution is 2.40. The summed E-state index contributed by atoms with van der Waals surface area (Å²) in [4.78, 5) is 22.5. The number of hydrogen-bond acceptors (Lipinski definition) is 5. The first-order valence-electron chi connectivity index (χ1n) is 7.75. The Hall–Kier alpha value is -2.53. The summed E-state index contributed by atoms with van der Waals surface area (Å²) in [7, 11) is -4.27. The number of urea groups is 1. The Kier molecular flexibility index (Phi) is 5.39. The van der Waals surface area contributed by atoms with Gasteiger partial charge in [0, 0.05) is 17.3 Å². The summed E-state index contributed by atoms with van der Waals surface area (Å²) >= 11 is 12.0. The second-order valence-electron chi connectivity index (χ2n) is 5.89. The number of carbonyl (C=O) groups excluding carboxylic acids is 1. The van der Waals surface area contributed by atoms with Crippen LogP contribution in [0.4, 0.5) is 16.2 Å². The van der Waals surface area contributed by atoms with Gasteiger partial charge in [-0.1, -0.05) is 35.3 Å². The van der Waals surface area contributed by atoms with Crippen LogP contribution >= 0.6 is 23.2 Å².